The van der Waals surface area contributed by atoms with Gasteiger partial charge in [-0.3, -0.25) is 4.90 Å². The van der Waals surface area contributed by atoms with Crippen LogP contribution in [0.4, 0.5) is 0 Å². The van der Waals surface area contributed by atoms with E-state index in [1.165, 1.54) is 30.8 Å². The van der Waals surface area contributed by atoms with Crippen molar-refractivity contribution in [1.29, 1.82) is 0 Å². The van der Waals surface area contributed by atoms with Crippen molar-refractivity contribution in [2.75, 3.05) is 33.3 Å². The molecule has 1 aliphatic rings. The van der Waals surface area contributed by atoms with Crippen LogP contribution in [0, 0.1) is 0 Å². The number of rotatable bonds is 6. The fourth-order valence-corrected chi connectivity index (χ4v) is 3.39. The molecule has 1 saturated heterocycles. The topological polar surface area (TPSA) is 26.7 Å². The predicted molar refractivity (Wildman–Crippen MR) is 77.0 cm³/mol. The number of hydrogen-bond donors (Lipinski definition) is 1. The van der Waals surface area contributed by atoms with E-state index in [9.17, 15) is 0 Å². The van der Waals surface area contributed by atoms with Crippen LogP contribution in [-0.4, -0.2) is 54.2 Å². The zero-order valence-corrected chi connectivity index (χ0v) is 12.0. The summed E-state index contributed by atoms with van der Waals surface area (Å²) in [6, 6.07) is 5.07. The Kier molecular flexibility index (Phi) is 5.63. The summed E-state index contributed by atoms with van der Waals surface area (Å²) >= 11 is 1.85. The Morgan fingerprint density at radius 2 is 2.22 bits per heavy atom. The van der Waals surface area contributed by atoms with Crippen LogP contribution in [-0.2, 0) is 6.54 Å². The van der Waals surface area contributed by atoms with Crippen LogP contribution in [0.2, 0.25) is 0 Å². The molecular weight excluding hydrogens is 244 g/mol. The van der Waals surface area contributed by atoms with Gasteiger partial charge in [0.05, 0.1) is 0 Å². The molecule has 0 radical (unpaired) electrons. The monoisotopic (exact) mass is 268 g/mol. The molecule has 0 amide bonds. The van der Waals surface area contributed by atoms with Gasteiger partial charge < -0.3 is 10.0 Å². The molecule has 2 rings (SSSR count). The smallest absolute Gasteiger partial charge is 0.0443 e. The molecule has 2 heterocycles. The van der Waals surface area contributed by atoms with Crippen LogP contribution < -0.4 is 0 Å². The van der Waals surface area contributed by atoms with Crippen molar-refractivity contribution in [3.05, 3.63) is 22.4 Å². The number of thiophene rings is 1. The van der Waals surface area contributed by atoms with Gasteiger partial charge in [0.15, 0.2) is 0 Å². The second-order valence-corrected chi connectivity index (χ2v) is 6.18. The minimum Gasteiger partial charge on any atom is -0.396 e. The van der Waals surface area contributed by atoms with Crippen molar-refractivity contribution in [3.63, 3.8) is 0 Å². The highest BCUT2D eigenvalue weighted by atomic mass is 32.1. The van der Waals surface area contributed by atoms with E-state index in [2.05, 4.69) is 34.4 Å². The lowest BCUT2D eigenvalue weighted by atomic mass is 10.0. The molecular formula is C14H24N2OS. The molecule has 0 unspecified atom stereocenters. The molecule has 1 aliphatic heterocycles. The van der Waals surface area contributed by atoms with E-state index in [-0.39, 0.29) is 0 Å². The first-order chi connectivity index (χ1) is 8.79. The lowest BCUT2D eigenvalue weighted by Gasteiger charge is -2.36. The summed E-state index contributed by atoms with van der Waals surface area (Å²) in [4.78, 5) is 6.45. The van der Waals surface area contributed by atoms with Crippen LogP contribution in [0.25, 0.3) is 0 Å². The summed E-state index contributed by atoms with van der Waals surface area (Å²) in [6.07, 6.45) is 3.41. The largest absolute Gasteiger partial charge is 0.396 e. The Morgan fingerprint density at radius 1 is 1.44 bits per heavy atom. The number of piperidine rings is 1. The number of aliphatic hydroxyl groups excluding tert-OH is 1. The number of aliphatic hydroxyl groups is 1. The van der Waals surface area contributed by atoms with E-state index >= 15 is 0 Å². The SMILES string of the molecule is CN(CCCO)C1CCN(Cc2cccs2)CC1. The summed E-state index contributed by atoms with van der Waals surface area (Å²) in [7, 11) is 2.19. The maximum Gasteiger partial charge on any atom is 0.0443 e. The highest BCUT2D eigenvalue weighted by Crippen LogP contribution is 2.19. The maximum absolute atomic E-state index is 8.87. The molecule has 1 aromatic rings. The fourth-order valence-electron chi connectivity index (χ4n) is 2.64. The van der Waals surface area contributed by atoms with Crippen molar-refractivity contribution in [2.45, 2.75) is 31.8 Å². The Hall–Kier alpha value is -0.420. The first kappa shape index (κ1) is 14.0. The van der Waals surface area contributed by atoms with E-state index in [0.29, 0.717) is 12.6 Å². The van der Waals surface area contributed by atoms with Gasteiger partial charge in [-0.15, -0.1) is 11.3 Å². The normalized spacial score (nSPS) is 18.6. The average Bonchev–Trinajstić information content (AvgIpc) is 2.89. The molecule has 4 heteroatoms. The van der Waals surface area contributed by atoms with Crippen LogP contribution in [0.1, 0.15) is 24.1 Å². The molecule has 0 aromatic carbocycles. The Morgan fingerprint density at radius 3 is 2.83 bits per heavy atom. The zero-order valence-electron chi connectivity index (χ0n) is 11.2. The molecule has 1 fully saturated rings. The van der Waals surface area contributed by atoms with Gasteiger partial charge in [0.25, 0.3) is 0 Å². The first-order valence-corrected chi connectivity index (χ1v) is 7.73. The van der Waals surface area contributed by atoms with E-state index < -0.39 is 0 Å². The molecule has 102 valence electrons. The molecule has 3 nitrogen and oxygen atoms in total. The number of nitrogens with zero attached hydrogens (tertiary/aromatic N) is 2. The van der Waals surface area contributed by atoms with Gasteiger partial charge in [-0.05, 0) is 37.8 Å². The number of hydrogen-bond acceptors (Lipinski definition) is 4. The van der Waals surface area contributed by atoms with E-state index in [1.807, 2.05) is 11.3 Å². The van der Waals surface area contributed by atoms with Crippen molar-refractivity contribution >= 4 is 11.3 Å². The van der Waals surface area contributed by atoms with Crippen LogP contribution in [0.3, 0.4) is 0 Å². The first-order valence-electron chi connectivity index (χ1n) is 6.85. The Balaban J connectivity index is 1.70. The Labute approximate surface area is 114 Å². The summed E-state index contributed by atoms with van der Waals surface area (Å²) in [5.74, 6) is 0. The van der Waals surface area contributed by atoms with Gasteiger partial charge in [-0.1, -0.05) is 6.07 Å². The van der Waals surface area contributed by atoms with Gasteiger partial charge in [-0.25, -0.2) is 0 Å². The highest BCUT2D eigenvalue weighted by Gasteiger charge is 2.22. The summed E-state index contributed by atoms with van der Waals surface area (Å²) in [5.41, 5.74) is 0. The van der Waals surface area contributed by atoms with Crippen molar-refractivity contribution in [3.8, 4) is 0 Å². The summed E-state index contributed by atoms with van der Waals surface area (Å²) < 4.78 is 0. The molecule has 1 N–H and O–H groups in total. The van der Waals surface area contributed by atoms with Gasteiger partial charge in [0.1, 0.15) is 0 Å². The lowest BCUT2D eigenvalue weighted by Crippen LogP contribution is -2.43. The highest BCUT2D eigenvalue weighted by molar-refractivity contribution is 7.09. The van der Waals surface area contributed by atoms with Crippen LogP contribution in [0.5, 0.6) is 0 Å². The second-order valence-electron chi connectivity index (χ2n) is 5.14. The van der Waals surface area contributed by atoms with Gasteiger partial charge in [0, 0.05) is 43.7 Å². The van der Waals surface area contributed by atoms with Gasteiger partial charge >= 0.3 is 0 Å². The predicted octanol–water partition coefficient (Wildman–Crippen LogP) is 2.03. The molecule has 0 saturated carbocycles. The van der Waals surface area contributed by atoms with Gasteiger partial charge in [-0.2, -0.15) is 0 Å². The van der Waals surface area contributed by atoms with Crippen molar-refractivity contribution in [1.82, 2.24) is 9.80 Å². The van der Waals surface area contributed by atoms with E-state index in [4.69, 9.17) is 5.11 Å². The second kappa shape index (κ2) is 7.24. The quantitative estimate of drug-likeness (QED) is 0.855. The standard InChI is InChI=1S/C14H24N2OS/c1-15(7-3-10-17)13-5-8-16(9-6-13)12-14-4-2-11-18-14/h2,4,11,13,17H,3,5-10,12H2,1H3. The molecule has 18 heavy (non-hydrogen) atoms. The molecule has 1 aromatic heterocycles. The summed E-state index contributed by atoms with van der Waals surface area (Å²) in [6.45, 7) is 4.84. The summed E-state index contributed by atoms with van der Waals surface area (Å²) in [5, 5.41) is 11.0. The molecule has 0 atom stereocenters. The lowest BCUT2D eigenvalue weighted by molar-refractivity contribution is 0.118. The third-order valence-corrected chi connectivity index (χ3v) is 4.67. The third kappa shape index (κ3) is 4.05. The molecule has 0 bridgehead atoms. The van der Waals surface area contributed by atoms with E-state index in [0.717, 1.165) is 19.5 Å². The Bertz CT molecular complexity index is 321. The average molecular weight is 268 g/mol. The number of likely N-dealkylation sites (tertiary alicyclic amines) is 1. The fraction of sp³-hybridized carbons (Fsp3) is 0.714. The van der Waals surface area contributed by atoms with Crippen molar-refractivity contribution in [2.24, 2.45) is 0 Å². The minimum absolute atomic E-state index is 0.307. The maximum atomic E-state index is 8.87. The van der Waals surface area contributed by atoms with E-state index in [1.54, 1.807) is 0 Å². The van der Waals surface area contributed by atoms with Crippen molar-refractivity contribution < 1.29 is 5.11 Å². The van der Waals surface area contributed by atoms with Crippen LogP contribution in [0.15, 0.2) is 17.5 Å². The molecule has 0 aliphatic carbocycles. The van der Waals surface area contributed by atoms with Crippen LogP contribution >= 0.6 is 11.3 Å². The molecule has 0 spiro atoms. The minimum atomic E-state index is 0.307. The zero-order chi connectivity index (χ0) is 12.8. The third-order valence-electron chi connectivity index (χ3n) is 3.81. The van der Waals surface area contributed by atoms with Gasteiger partial charge in [0.2, 0.25) is 0 Å².